The van der Waals surface area contributed by atoms with Crippen molar-refractivity contribution in [1.29, 1.82) is 0 Å². The Bertz CT molecular complexity index is 953. The molecule has 0 saturated heterocycles. The highest BCUT2D eigenvalue weighted by atomic mass is 16.5. The lowest BCUT2D eigenvalue weighted by Gasteiger charge is -2.12. The van der Waals surface area contributed by atoms with E-state index in [1.165, 1.54) is 14.2 Å². The van der Waals surface area contributed by atoms with Crippen LogP contribution >= 0.6 is 0 Å². The Morgan fingerprint density at radius 2 is 1.67 bits per heavy atom. The van der Waals surface area contributed by atoms with E-state index >= 15 is 0 Å². The monoisotopic (exact) mass is 366 g/mol. The summed E-state index contributed by atoms with van der Waals surface area (Å²) in [5.74, 6) is -0.376. The maximum Gasteiger partial charge on any atom is 0.287 e. The molecular formula is C19H18N4O4. The van der Waals surface area contributed by atoms with Gasteiger partial charge in [-0.2, -0.15) is 5.10 Å². The Morgan fingerprint density at radius 1 is 0.926 bits per heavy atom. The number of hydrogen-bond donors (Lipinski definition) is 3. The summed E-state index contributed by atoms with van der Waals surface area (Å²) in [7, 11) is 2.91. The number of rotatable bonds is 5. The number of benzene rings is 2. The van der Waals surface area contributed by atoms with Crippen LogP contribution in [0.1, 0.15) is 20.8 Å². The molecule has 8 nitrogen and oxygen atoms in total. The number of carbonyl (C=O) groups excluding carboxylic acids is 2. The number of nitrogens with one attached hydrogen (secondary N) is 3. The molecule has 27 heavy (non-hydrogen) atoms. The number of aromatic amines is 1. The topological polar surface area (TPSA) is 105 Å². The molecular weight excluding hydrogens is 348 g/mol. The summed E-state index contributed by atoms with van der Waals surface area (Å²) in [4.78, 5) is 24.6. The van der Waals surface area contributed by atoms with Gasteiger partial charge in [-0.1, -0.05) is 36.4 Å². The molecule has 0 unspecified atom stereocenters. The molecule has 0 aliphatic heterocycles. The molecule has 0 radical (unpaired) electrons. The van der Waals surface area contributed by atoms with Crippen molar-refractivity contribution < 1.29 is 19.1 Å². The smallest absolute Gasteiger partial charge is 0.287 e. The average Bonchev–Trinajstić information content (AvgIpc) is 3.22. The molecule has 0 bridgehead atoms. The van der Waals surface area contributed by atoms with Crippen molar-refractivity contribution in [3.05, 3.63) is 65.9 Å². The van der Waals surface area contributed by atoms with Crippen molar-refractivity contribution in [3.8, 4) is 22.8 Å². The first-order chi connectivity index (χ1) is 13.1. The lowest BCUT2D eigenvalue weighted by atomic mass is 10.1. The summed E-state index contributed by atoms with van der Waals surface area (Å²) in [6, 6.07) is 15.9. The SMILES string of the molecule is COc1cccc(C(=O)NNC(=O)c2cc(-c3ccccc3)n[nH]2)c1OC. The van der Waals surface area contributed by atoms with Crippen LogP contribution in [-0.2, 0) is 0 Å². The maximum atomic E-state index is 12.4. The van der Waals surface area contributed by atoms with Gasteiger partial charge in [0.25, 0.3) is 11.8 Å². The molecule has 3 rings (SSSR count). The highest BCUT2D eigenvalue weighted by Crippen LogP contribution is 2.30. The van der Waals surface area contributed by atoms with Gasteiger partial charge >= 0.3 is 0 Å². The highest BCUT2D eigenvalue weighted by Gasteiger charge is 2.18. The van der Waals surface area contributed by atoms with Crippen LogP contribution in [0.25, 0.3) is 11.3 Å². The van der Waals surface area contributed by atoms with Crippen molar-refractivity contribution in [3.63, 3.8) is 0 Å². The summed E-state index contributed by atoms with van der Waals surface area (Å²) >= 11 is 0. The first-order valence-electron chi connectivity index (χ1n) is 8.06. The van der Waals surface area contributed by atoms with E-state index in [1.807, 2.05) is 30.3 Å². The summed E-state index contributed by atoms with van der Waals surface area (Å²) in [6.07, 6.45) is 0. The van der Waals surface area contributed by atoms with Gasteiger partial charge in [-0.25, -0.2) is 0 Å². The maximum absolute atomic E-state index is 12.4. The first-order valence-corrected chi connectivity index (χ1v) is 8.06. The Morgan fingerprint density at radius 3 is 2.37 bits per heavy atom. The van der Waals surface area contributed by atoms with E-state index in [9.17, 15) is 9.59 Å². The fraction of sp³-hybridized carbons (Fsp3) is 0.105. The Hall–Kier alpha value is -3.81. The second-order valence-corrected chi connectivity index (χ2v) is 5.48. The fourth-order valence-corrected chi connectivity index (χ4v) is 2.51. The lowest BCUT2D eigenvalue weighted by Crippen LogP contribution is -2.41. The van der Waals surface area contributed by atoms with Gasteiger partial charge in [-0.15, -0.1) is 0 Å². The summed E-state index contributed by atoms with van der Waals surface area (Å²) in [5.41, 5.74) is 6.64. The zero-order valence-corrected chi connectivity index (χ0v) is 14.8. The molecule has 1 heterocycles. The molecule has 0 aliphatic carbocycles. The van der Waals surface area contributed by atoms with Crippen LogP contribution in [0.4, 0.5) is 0 Å². The van der Waals surface area contributed by atoms with Crippen molar-refractivity contribution in [2.75, 3.05) is 14.2 Å². The largest absolute Gasteiger partial charge is 0.493 e. The molecule has 3 aromatic rings. The van der Waals surface area contributed by atoms with E-state index in [2.05, 4.69) is 21.0 Å². The van der Waals surface area contributed by atoms with Crippen LogP contribution in [-0.4, -0.2) is 36.2 Å². The lowest BCUT2D eigenvalue weighted by molar-refractivity contribution is 0.0842. The zero-order valence-electron chi connectivity index (χ0n) is 14.8. The summed E-state index contributed by atoms with van der Waals surface area (Å²) in [5, 5.41) is 6.76. The van der Waals surface area contributed by atoms with Crippen molar-refractivity contribution in [2.45, 2.75) is 0 Å². The van der Waals surface area contributed by atoms with E-state index < -0.39 is 11.8 Å². The fourth-order valence-electron chi connectivity index (χ4n) is 2.51. The second-order valence-electron chi connectivity index (χ2n) is 5.48. The van der Waals surface area contributed by atoms with Gasteiger partial charge in [0, 0.05) is 5.56 Å². The first kappa shape index (κ1) is 18.0. The molecule has 8 heteroatoms. The second kappa shape index (κ2) is 8.05. The van der Waals surface area contributed by atoms with Crippen LogP contribution in [0, 0.1) is 0 Å². The minimum absolute atomic E-state index is 0.215. The molecule has 3 N–H and O–H groups in total. The molecule has 0 spiro atoms. The number of hydrazine groups is 1. The molecule has 0 saturated carbocycles. The van der Waals surface area contributed by atoms with E-state index in [0.717, 1.165) is 5.56 Å². The number of amides is 2. The standard InChI is InChI=1S/C19H18N4O4/c1-26-16-10-6-9-13(17(16)27-2)18(24)22-23-19(25)15-11-14(20-21-15)12-7-4-3-5-8-12/h3-11H,1-2H3,(H,20,21)(H,22,24)(H,23,25). The van der Waals surface area contributed by atoms with Gasteiger partial charge in [0.2, 0.25) is 0 Å². The normalized spacial score (nSPS) is 10.1. The zero-order chi connectivity index (χ0) is 19.2. The third-order valence-electron chi connectivity index (χ3n) is 3.83. The number of methoxy groups -OCH3 is 2. The minimum atomic E-state index is -0.540. The summed E-state index contributed by atoms with van der Waals surface area (Å²) < 4.78 is 10.4. The molecule has 1 aromatic heterocycles. The van der Waals surface area contributed by atoms with E-state index in [1.54, 1.807) is 24.3 Å². The number of nitrogens with zero attached hydrogens (tertiary/aromatic N) is 1. The average molecular weight is 366 g/mol. The Kier molecular flexibility index (Phi) is 5.36. The van der Waals surface area contributed by atoms with Gasteiger partial charge in [0.1, 0.15) is 5.69 Å². The highest BCUT2D eigenvalue weighted by molar-refractivity contribution is 6.00. The van der Waals surface area contributed by atoms with Crippen LogP contribution in [0.3, 0.4) is 0 Å². The molecule has 138 valence electrons. The van der Waals surface area contributed by atoms with Crippen molar-refractivity contribution in [1.82, 2.24) is 21.0 Å². The van der Waals surface area contributed by atoms with Gasteiger partial charge < -0.3 is 9.47 Å². The predicted molar refractivity (Wildman–Crippen MR) is 98.5 cm³/mol. The molecule has 2 amide bonds. The molecule has 2 aromatic carbocycles. The van der Waals surface area contributed by atoms with E-state index in [4.69, 9.17) is 9.47 Å². The molecule has 0 fully saturated rings. The summed E-state index contributed by atoms with van der Waals surface area (Å²) in [6.45, 7) is 0. The van der Waals surface area contributed by atoms with Crippen molar-refractivity contribution in [2.24, 2.45) is 0 Å². The third kappa shape index (κ3) is 3.90. The van der Waals surface area contributed by atoms with Gasteiger partial charge in [-0.05, 0) is 18.2 Å². The minimum Gasteiger partial charge on any atom is -0.493 e. The van der Waals surface area contributed by atoms with E-state index in [-0.39, 0.29) is 17.0 Å². The van der Waals surface area contributed by atoms with Crippen LogP contribution in [0.2, 0.25) is 0 Å². The third-order valence-corrected chi connectivity index (χ3v) is 3.83. The van der Waals surface area contributed by atoms with Crippen LogP contribution < -0.4 is 20.3 Å². The number of H-pyrrole nitrogens is 1. The van der Waals surface area contributed by atoms with Crippen LogP contribution in [0.15, 0.2) is 54.6 Å². The quantitative estimate of drug-likeness (QED) is 0.600. The van der Waals surface area contributed by atoms with Gasteiger partial charge in [0.15, 0.2) is 11.5 Å². The van der Waals surface area contributed by atoms with Gasteiger partial charge in [0.05, 0.1) is 25.5 Å². The van der Waals surface area contributed by atoms with Gasteiger partial charge in [-0.3, -0.25) is 25.5 Å². The van der Waals surface area contributed by atoms with Crippen molar-refractivity contribution >= 4 is 11.8 Å². The Balaban J connectivity index is 1.68. The number of para-hydroxylation sites is 1. The number of hydrogen-bond acceptors (Lipinski definition) is 5. The number of ether oxygens (including phenoxy) is 2. The van der Waals surface area contributed by atoms with Crippen LogP contribution in [0.5, 0.6) is 11.5 Å². The number of carbonyl (C=O) groups is 2. The number of aromatic nitrogens is 2. The predicted octanol–water partition coefficient (Wildman–Crippen LogP) is 2.17. The van der Waals surface area contributed by atoms with E-state index in [0.29, 0.717) is 11.4 Å². The molecule has 0 aliphatic rings. The Labute approximate surface area is 155 Å². The molecule has 0 atom stereocenters.